The lowest BCUT2D eigenvalue weighted by atomic mass is 10.1. The SMILES string of the molecule is COc1ccc(CNc2cc(-c3ccc(C)cc3)nc(N)n2)cc1OC. The van der Waals surface area contributed by atoms with E-state index >= 15 is 0 Å². The summed E-state index contributed by atoms with van der Waals surface area (Å²) in [5.41, 5.74) is 9.90. The molecule has 1 heterocycles. The minimum Gasteiger partial charge on any atom is -0.493 e. The molecule has 1 aromatic heterocycles. The molecule has 3 rings (SSSR count). The van der Waals surface area contributed by atoms with Crippen molar-refractivity contribution in [1.29, 1.82) is 0 Å². The highest BCUT2D eigenvalue weighted by Gasteiger charge is 2.07. The zero-order valence-corrected chi connectivity index (χ0v) is 15.1. The van der Waals surface area contributed by atoms with Crippen molar-refractivity contribution < 1.29 is 9.47 Å². The third-order valence-corrected chi connectivity index (χ3v) is 4.01. The van der Waals surface area contributed by atoms with Crippen molar-refractivity contribution in [3.8, 4) is 22.8 Å². The largest absolute Gasteiger partial charge is 0.493 e. The zero-order chi connectivity index (χ0) is 18.5. The van der Waals surface area contributed by atoms with Gasteiger partial charge in [-0.25, -0.2) is 4.98 Å². The lowest BCUT2D eigenvalue weighted by molar-refractivity contribution is 0.354. The molecule has 6 heteroatoms. The number of aromatic nitrogens is 2. The Balaban J connectivity index is 1.79. The van der Waals surface area contributed by atoms with E-state index in [1.54, 1.807) is 14.2 Å². The van der Waals surface area contributed by atoms with Gasteiger partial charge in [0, 0.05) is 18.2 Å². The summed E-state index contributed by atoms with van der Waals surface area (Å²) in [6.45, 7) is 2.62. The predicted molar refractivity (Wildman–Crippen MR) is 103 cm³/mol. The number of ether oxygens (including phenoxy) is 2. The normalized spacial score (nSPS) is 10.4. The van der Waals surface area contributed by atoms with Gasteiger partial charge in [-0.05, 0) is 24.6 Å². The van der Waals surface area contributed by atoms with E-state index in [4.69, 9.17) is 15.2 Å². The first kappa shape index (κ1) is 17.5. The van der Waals surface area contributed by atoms with Gasteiger partial charge in [-0.3, -0.25) is 0 Å². The molecule has 0 saturated heterocycles. The van der Waals surface area contributed by atoms with Gasteiger partial charge in [-0.15, -0.1) is 0 Å². The van der Waals surface area contributed by atoms with Gasteiger partial charge in [-0.1, -0.05) is 35.9 Å². The van der Waals surface area contributed by atoms with Crippen molar-refractivity contribution >= 4 is 11.8 Å². The van der Waals surface area contributed by atoms with Crippen LogP contribution < -0.4 is 20.5 Å². The molecule has 0 radical (unpaired) electrons. The molecule has 0 unspecified atom stereocenters. The molecule has 0 spiro atoms. The van der Waals surface area contributed by atoms with Crippen molar-refractivity contribution in [3.05, 3.63) is 59.7 Å². The molecule has 0 aliphatic carbocycles. The average Bonchev–Trinajstić information content (AvgIpc) is 2.66. The summed E-state index contributed by atoms with van der Waals surface area (Å²) in [5, 5.41) is 3.28. The van der Waals surface area contributed by atoms with Gasteiger partial charge in [0.2, 0.25) is 5.95 Å². The Bertz CT molecular complexity index is 895. The van der Waals surface area contributed by atoms with Crippen LogP contribution >= 0.6 is 0 Å². The van der Waals surface area contributed by atoms with Gasteiger partial charge in [-0.2, -0.15) is 4.98 Å². The van der Waals surface area contributed by atoms with Crippen molar-refractivity contribution in [3.63, 3.8) is 0 Å². The van der Waals surface area contributed by atoms with Gasteiger partial charge in [0.15, 0.2) is 11.5 Å². The number of aryl methyl sites for hydroxylation is 1. The summed E-state index contributed by atoms with van der Waals surface area (Å²) < 4.78 is 10.6. The fraction of sp³-hybridized carbons (Fsp3) is 0.200. The Morgan fingerprint density at radius 3 is 2.35 bits per heavy atom. The van der Waals surface area contributed by atoms with Gasteiger partial charge in [0.25, 0.3) is 0 Å². The maximum absolute atomic E-state index is 5.88. The van der Waals surface area contributed by atoms with E-state index in [-0.39, 0.29) is 5.95 Å². The monoisotopic (exact) mass is 350 g/mol. The molecule has 3 aromatic rings. The number of nitrogens with one attached hydrogen (secondary N) is 1. The van der Waals surface area contributed by atoms with Crippen LogP contribution in [0.3, 0.4) is 0 Å². The van der Waals surface area contributed by atoms with Crippen LogP contribution in [0.4, 0.5) is 11.8 Å². The van der Waals surface area contributed by atoms with Gasteiger partial charge in [0.1, 0.15) is 5.82 Å². The standard InChI is InChI=1S/C20H22N4O2/c1-13-4-7-15(8-5-13)16-11-19(24-20(21)23-16)22-12-14-6-9-17(25-2)18(10-14)26-3/h4-11H,12H2,1-3H3,(H3,21,22,23,24). The van der Waals surface area contributed by atoms with Crippen LogP contribution in [-0.4, -0.2) is 24.2 Å². The van der Waals surface area contributed by atoms with Crippen LogP contribution in [0, 0.1) is 6.92 Å². The topological polar surface area (TPSA) is 82.3 Å². The fourth-order valence-electron chi connectivity index (χ4n) is 2.61. The maximum atomic E-state index is 5.88. The summed E-state index contributed by atoms with van der Waals surface area (Å²) in [6, 6.07) is 15.8. The van der Waals surface area contributed by atoms with E-state index < -0.39 is 0 Å². The van der Waals surface area contributed by atoms with Crippen molar-refractivity contribution in [2.75, 3.05) is 25.3 Å². The highest BCUT2D eigenvalue weighted by Crippen LogP contribution is 2.28. The summed E-state index contributed by atoms with van der Waals surface area (Å²) >= 11 is 0. The third kappa shape index (κ3) is 4.03. The summed E-state index contributed by atoms with van der Waals surface area (Å²) in [5.74, 6) is 2.29. The Labute approximate surface area is 153 Å². The number of nitrogens with zero attached hydrogens (tertiary/aromatic N) is 2. The number of methoxy groups -OCH3 is 2. The third-order valence-electron chi connectivity index (χ3n) is 4.01. The van der Waals surface area contributed by atoms with Crippen LogP contribution in [0.15, 0.2) is 48.5 Å². The van der Waals surface area contributed by atoms with Crippen LogP contribution in [-0.2, 0) is 6.54 Å². The molecule has 0 saturated carbocycles. The molecule has 134 valence electrons. The quantitative estimate of drug-likeness (QED) is 0.706. The molecule has 2 aromatic carbocycles. The minimum absolute atomic E-state index is 0.234. The number of hydrogen-bond donors (Lipinski definition) is 2. The summed E-state index contributed by atoms with van der Waals surface area (Å²) in [7, 11) is 3.24. The fourth-order valence-corrected chi connectivity index (χ4v) is 2.61. The molecule has 0 amide bonds. The highest BCUT2D eigenvalue weighted by atomic mass is 16.5. The van der Waals surface area contributed by atoms with Crippen LogP contribution in [0.5, 0.6) is 11.5 Å². The van der Waals surface area contributed by atoms with E-state index in [0.29, 0.717) is 23.9 Å². The lowest BCUT2D eigenvalue weighted by Crippen LogP contribution is -2.05. The number of benzene rings is 2. The Hall–Kier alpha value is -3.28. The Kier molecular flexibility index (Phi) is 5.22. The molecule has 0 atom stereocenters. The smallest absolute Gasteiger partial charge is 0.222 e. The number of nitrogen functional groups attached to an aromatic ring is 1. The first-order valence-electron chi connectivity index (χ1n) is 8.25. The molecule has 0 fully saturated rings. The summed E-state index contributed by atoms with van der Waals surface area (Å²) in [4.78, 5) is 8.60. The van der Waals surface area contributed by atoms with Crippen molar-refractivity contribution in [2.45, 2.75) is 13.5 Å². The second-order valence-corrected chi connectivity index (χ2v) is 5.91. The molecule has 0 bridgehead atoms. The van der Waals surface area contributed by atoms with E-state index in [2.05, 4.69) is 15.3 Å². The second kappa shape index (κ2) is 7.74. The Morgan fingerprint density at radius 1 is 0.923 bits per heavy atom. The molecule has 26 heavy (non-hydrogen) atoms. The van der Waals surface area contributed by atoms with Crippen LogP contribution in [0.25, 0.3) is 11.3 Å². The Morgan fingerprint density at radius 2 is 1.65 bits per heavy atom. The molecular weight excluding hydrogens is 328 g/mol. The van der Waals surface area contributed by atoms with Gasteiger partial charge in [0.05, 0.1) is 19.9 Å². The molecule has 0 aliphatic heterocycles. The molecule has 6 nitrogen and oxygen atoms in total. The average molecular weight is 350 g/mol. The van der Waals surface area contributed by atoms with Crippen molar-refractivity contribution in [2.24, 2.45) is 0 Å². The van der Waals surface area contributed by atoms with E-state index in [1.807, 2.05) is 55.5 Å². The van der Waals surface area contributed by atoms with E-state index in [0.717, 1.165) is 16.8 Å². The minimum atomic E-state index is 0.234. The number of nitrogens with two attached hydrogens (primary N) is 1. The molecular formula is C20H22N4O2. The van der Waals surface area contributed by atoms with E-state index in [9.17, 15) is 0 Å². The first-order valence-corrected chi connectivity index (χ1v) is 8.25. The van der Waals surface area contributed by atoms with E-state index in [1.165, 1.54) is 5.56 Å². The highest BCUT2D eigenvalue weighted by molar-refractivity contribution is 5.64. The molecule has 3 N–H and O–H groups in total. The first-order chi connectivity index (χ1) is 12.6. The summed E-state index contributed by atoms with van der Waals surface area (Å²) in [6.07, 6.45) is 0. The lowest BCUT2D eigenvalue weighted by Gasteiger charge is -2.11. The molecule has 0 aliphatic rings. The van der Waals surface area contributed by atoms with Gasteiger partial charge >= 0.3 is 0 Å². The number of hydrogen-bond acceptors (Lipinski definition) is 6. The van der Waals surface area contributed by atoms with Gasteiger partial charge < -0.3 is 20.5 Å². The van der Waals surface area contributed by atoms with Crippen LogP contribution in [0.2, 0.25) is 0 Å². The number of rotatable bonds is 6. The zero-order valence-electron chi connectivity index (χ0n) is 15.1. The maximum Gasteiger partial charge on any atom is 0.222 e. The second-order valence-electron chi connectivity index (χ2n) is 5.91. The van der Waals surface area contributed by atoms with Crippen molar-refractivity contribution in [1.82, 2.24) is 9.97 Å². The van der Waals surface area contributed by atoms with Crippen LogP contribution in [0.1, 0.15) is 11.1 Å². The predicted octanol–water partition coefficient (Wildman–Crippen LogP) is 3.66. The number of anilines is 2.